The number of hydrogen-bond acceptors (Lipinski definition) is 4. The first-order valence-corrected chi connectivity index (χ1v) is 7.43. The molecule has 2 atom stereocenters. The summed E-state index contributed by atoms with van der Waals surface area (Å²) in [7, 11) is 0. The molecule has 0 bridgehead atoms. The number of nitrogens with zero attached hydrogens (tertiary/aromatic N) is 3. The van der Waals surface area contributed by atoms with Crippen LogP contribution in [0.15, 0.2) is 59.7 Å². The van der Waals surface area contributed by atoms with Crippen molar-refractivity contribution in [2.24, 2.45) is 4.99 Å². The third kappa shape index (κ3) is 1.67. The standard InChI is InChI=1S/C18H13N3O/c1-2-6-13-12(4-1)10-15-16(13)21-18(22-15)14-8-7-11-5-3-9-19-17(11)20-14/h1-9,15-16H,10H2/t15-,16+/m1/s1. The van der Waals surface area contributed by atoms with Gasteiger partial charge in [-0.25, -0.2) is 15.0 Å². The highest BCUT2D eigenvalue weighted by Gasteiger charge is 2.39. The minimum absolute atomic E-state index is 0.104. The van der Waals surface area contributed by atoms with Gasteiger partial charge in [0, 0.05) is 18.0 Å². The zero-order valence-corrected chi connectivity index (χ0v) is 11.8. The van der Waals surface area contributed by atoms with Crippen LogP contribution in [0.4, 0.5) is 0 Å². The van der Waals surface area contributed by atoms with Gasteiger partial charge < -0.3 is 4.74 Å². The summed E-state index contributed by atoms with van der Waals surface area (Å²) < 4.78 is 6.06. The molecule has 2 aliphatic rings. The van der Waals surface area contributed by atoms with E-state index in [1.54, 1.807) is 6.20 Å². The second-order valence-electron chi connectivity index (χ2n) is 5.68. The molecule has 0 fully saturated rings. The summed E-state index contributed by atoms with van der Waals surface area (Å²) >= 11 is 0. The van der Waals surface area contributed by atoms with Crippen LogP contribution < -0.4 is 0 Å². The van der Waals surface area contributed by atoms with Crippen molar-refractivity contribution in [1.29, 1.82) is 0 Å². The largest absolute Gasteiger partial charge is 0.470 e. The van der Waals surface area contributed by atoms with Gasteiger partial charge in [0.1, 0.15) is 17.8 Å². The van der Waals surface area contributed by atoms with Gasteiger partial charge in [-0.05, 0) is 35.4 Å². The molecule has 1 aliphatic heterocycles. The Labute approximate surface area is 127 Å². The van der Waals surface area contributed by atoms with Crippen LogP contribution in [0.2, 0.25) is 0 Å². The van der Waals surface area contributed by atoms with Gasteiger partial charge >= 0.3 is 0 Å². The monoisotopic (exact) mass is 287 g/mol. The van der Waals surface area contributed by atoms with Gasteiger partial charge in [0.25, 0.3) is 0 Å². The number of aliphatic imine (C=N–C) groups is 1. The molecule has 0 saturated carbocycles. The van der Waals surface area contributed by atoms with Crippen molar-refractivity contribution in [2.45, 2.75) is 18.6 Å². The minimum atomic E-state index is 0.104. The Morgan fingerprint density at radius 3 is 2.95 bits per heavy atom. The summed E-state index contributed by atoms with van der Waals surface area (Å²) in [6.07, 6.45) is 2.77. The van der Waals surface area contributed by atoms with Gasteiger partial charge in [-0.3, -0.25) is 0 Å². The number of ether oxygens (including phenoxy) is 1. The van der Waals surface area contributed by atoms with Crippen LogP contribution in [0.1, 0.15) is 22.9 Å². The van der Waals surface area contributed by atoms with E-state index in [0.29, 0.717) is 5.90 Å². The van der Waals surface area contributed by atoms with E-state index in [9.17, 15) is 0 Å². The minimum Gasteiger partial charge on any atom is -0.470 e. The summed E-state index contributed by atoms with van der Waals surface area (Å²) in [5, 5.41) is 1.02. The molecule has 0 radical (unpaired) electrons. The molecular formula is C18H13N3O. The predicted octanol–water partition coefficient (Wildman–Crippen LogP) is 3.07. The maximum atomic E-state index is 6.06. The van der Waals surface area contributed by atoms with Crippen molar-refractivity contribution in [2.75, 3.05) is 0 Å². The van der Waals surface area contributed by atoms with Gasteiger partial charge in [0.2, 0.25) is 5.90 Å². The van der Waals surface area contributed by atoms with Crippen molar-refractivity contribution in [3.63, 3.8) is 0 Å². The fraction of sp³-hybridized carbons (Fsp3) is 0.167. The molecule has 0 spiro atoms. The van der Waals surface area contributed by atoms with Crippen molar-refractivity contribution in [3.8, 4) is 0 Å². The average Bonchev–Trinajstić information content (AvgIpc) is 3.12. The van der Waals surface area contributed by atoms with E-state index >= 15 is 0 Å². The molecule has 0 saturated heterocycles. The average molecular weight is 287 g/mol. The van der Waals surface area contributed by atoms with Gasteiger partial charge in [0.15, 0.2) is 5.65 Å². The van der Waals surface area contributed by atoms with Crippen LogP contribution in [0, 0.1) is 0 Å². The highest BCUT2D eigenvalue weighted by Crippen LogP contribution is 2.40. The Kier molecular flexibility index (Phi) is 2.36. The third-order valence-corrected chi connectivity index (χ3v) is 4.35. The topological polar surface area (TPSA) is 47.4 Å². The summed E-state index contributed by atoms with van der Waals surface area (Å²) in [5.41, 5.74) is 4.11. The van der Waals surface area contributed by atoms with Crippen molar-refractivity contribution >= 4 is 16.9 Å². The predicted molar refractivity (Wildman–Crippen MR) is 83.8 cm³/mol. The van der Waals surface area contributed by atoms with Crippen LogP contribution in [-0.4, -0.2) is 22.0 Å². The summed E-state index contributed by atoms with van der Waals surface area (Å²) in [4.78, 5) is 13.6. The third-order valence-electron chi connectivity index (χ3n) is 4.35. The van der Waals surface area contributed by atoms with Crippen LogP contribution >= 0.6 is 0 Å². The zero-order chi connectivity index (χ0) is 14.5. The van der Waals surface area contributed by atoms with Crippen molar-refractivity contribution in [1.82, 2.24) is 9.97 Å². The van der Waals surface area contributed by atoms with Gasteiger partial charge in [-0.2, -0.15) is 0 Å². The van der Waals surface area contributed by atoms with E-state index in [1.165, 1.54) is 11.1 Å². The van der Waals surface area contributed by atoms with E-state index in [4.69, 9.17) is 9.73 Å². The molecule has 0 unspecified atom stereocenters. The first-order chi connectivity index (χ1) is 10.9. The van der Waals surface area contributed by atoms with E-state index in [2.05, 4.69) is 34.2 Å². The number of benzene rings is 1. The molecule has 3 aromatic rings. The Bertz CT molecular complexity index is 919. The lowest BCUT2D eigenvalue weighted by atomic mass is 10.1. The lowest BCUT2D eigenvalue weighted by Crippen LogP contribution is -2.14. The Hall–Kier alpha value is -2.75. The fourth-order valence-corrected chi connectivity index (χ4v) is 3.29. The first-order valence-electron chi connectivity index (χ1n) is 7.43. The van der Waals surface area contributed by atoms with E-state index in [-0.39, 0.29) is 12.1 Å². The van der Waals surface area contributed by atoms with Crippen molar-refractivity contribution in [3.05, 3.63) is 71.5 Å². The number of aromatic nitrogens is 2. The van der Waals surface area contributed by atoms with E-state index in [1.807, 2.05) is 24.3 Å². The van der Waals surface area contributed by atoms with E-state index in [0.717, 1.165) is 23.1 Å². The van der Waals surface area contributed by atoms with Crippen LogP contribution in [0.5, 0.6) is 0 Å². The molecule has 5 rings (SSSR count). The fourth-order valence-electron chi connectivity index (χ4n) is 3.29. The number of hydrogen-bond donors (Lipinski definition) is 0. The van der Waals surface area contributed by atoms with Crippen LogP contribution in [0.3, 0.4) is 0 Å². The number of pyridine rings is 2. The molecule has 106 valence electrons. The van der Waals surface area contributed by atoms with Crippen LogP contribution in [0.25, 0.3) is 11.0 Å². The zero-order valence-electron chi connectivity index (χ0n) is 11.8. The summed E-state index contributed by atoms with van der Waals surface area (Å²) in [6, 6.07) is 16.4. The Morgan fingerprint density at radius 2 is 1.95 bits per heavy atom. The molecule has 3 heterocycles. The highest BCUT2D eigenvalue weighted by atomic mass is 16.5. The molecule has 0 N–H and O–H groups in total. The van der Waals surface area contributed by atoms with Crippen molar-refractivity contribution < 1.29 is 4.74 Å². The van der Waals surface area contributed by atoms with Gasteiger partial charge in [0.05, 0.1) is 0 Å². The maximum absolute atomic E-state index is 6.06. The Morgan fingerprint density at radius 1 is 1.00 bits per heavy atom. The molecule has 2 aromatic heterocycles. The summed E-state index contributed by atoms with van der Waals surface area (Å²) in [6.45, 7) is 0. The molecular weight excluding hydrogens is 274 g/mol. The van der Waals surface area contributed by atoms with Crippen LogP contribution in [-0.2, 0) is 11.2 Å². The SMILES string of the molecule is c1ccc2c(c1)C[C@H]1OC(c3ccc4cccnc4n3)=N[C@@H]21. The molecule has 4 heteroatoms. The number of rotatable bonds is 1. The van der Waals surface area contributed by atoms with Gasteiger partial charge in [-0.1, -0.05) is 24.3 Å². The smallest absolute Gasteiger partial charge is 0.236 e. The quantitative estimate of drug-likeness (QED) is 0.691. The first kappa shape index (κ1) is 11.9. The lowest BCUT2D eigenvalue weighted by Gasteiger charge is -2.08. The molecule has 1 aromatic carbocycles. The molecule has 22 heavy (non-hydrogen) atoms. The molecule has 1 aliphatic carbocycles. The second kappa shape index (κ2) is 4.37. The van der Waals surface area contributed by atoms with E-state index < -0.39 is 0 Å². The van der Waals surface area contributed by atoms with Gasteiger partial charge in [-0.15, -0.1) is 0 Å². The number of fused-ring (bicyclic) bond motifs is 4. The normalized spacial score (nSPS) is 22.1. The summed E-state index contributed by atoms with van der Waals surface area (Å²) in [5.74, 6) is 0.636. The highest BCUT2D eigenvalue weighted by molar-refractivity contribution is 5.95. The second-order valence-corrected chi connectivity index (χ2v) is 5.68. The lowest BCUT2D eigenvalue weighted by molar-refractivity contribution is 0.206. The molecule has 0 amide bonds. The molecule has 4 nitrogen and oxygen atoms in total. The Balaban J connectivity index is 1.57. The maximum Gasteiger partial charge on any atom is 0.236 e.